The quantitative estimate of drug-likeness (QED) is 0.578. The van der Waals surface area contributed by atoms with Crippen LogP contribution in [0.15, 0.2) is 65.8 Å². The highest BCUT2D eigenvalue weighted by Crippen LogP contribution is 2.28. The predicted octanol–water partition coefficient (Wildman–Crippen LogP) is 4.47. The van der Waals surface area contributed by atoms with Crippen LogP contribution >= 0.6 is 23.4 Å². The molecule has 2 unspecified atom stereocenters. The fourth-order valence-corrected chi connectivity index (χ4v) is 3.81. The zero-order valence-electron chi connectivity index (χ0n) is 15.9. The Morgan fingerprint density at radius 1 is 1.25 bits per heavy atom. The lowest BCUT2D eigenvalue weighted by Crippen LogP contribution is -2.36. The second-order valence-electron chi connectivity index (χ2n) is 6.33. The summed E-state index contributed by atoms with van der Waals surface area (Å²) in [4.78, 5) is 18.4. The standard InChI is InChI=1S/C21H22ClN3O2S/c1-14(28-18-9-7-16(22)8-10-18)21(26)24-19(20-23-11-12-25(20)2)15-5-4-6-17(13-15)27-3/h4-14,19H,1-3H3,(H,24,26). The molecule has 3 rings (SSSR count). The van der Waals surface area contributed by atoms with Gasteiger partial charge in [0.2, 0.25) is 5.91 Å². The van der Waals surface area contributed by atoms with E-state index in [1.165, 1.54) is 11.8 Å². The van der Waals surface area contributed by atoms with Gasteiger partial charge in [-0.05, 0) is 48.9 Å². The number of carbonyl (C=O) groups is 1. The van der Waals surface area contributed by atoms with Crippen LogP contribution in [0.25, 0.3) is 0 Å². The van der Waals surface area contributed by atoms with Crippen LogP contribution < -0.4 is 10.1 Å². The molecule has 0 aliphatic heterocycles. The molecule has 2 aromatic carbocycles. The minimum atomic E-state index is -0.379. The van der Waals surface area contributed by atoms with Gasteiger partial charge in [-0.1, -0.05) is 23.7 Å². The maximum absolute atomic E-state index is 12.9. The lowest BCUT2D eigenvalue weighted by Gasteiger charge is -2.22. The molecule has 0 saturated carbocycles. The summed E-state index contributed by atoms with van der Waals surface area (Å²) in [7, 11) is 3.53. The van der Waals surface area contributed by atoms with Crippen molar-refractivity contribution < 1.29 is 9.53 Å². The highest BCUT2D eigenvalue weighted by molar-refractivity contribution is 8.00. The number of amides is 1. The van der Waals surface area contributed by atoms with Crippen molar-refractivity contribution in [1.29, 1.82) is 0 Å². The molecule has 0 aliphatic rings. The van der Waals surface area contributed by atoms with Crippen molar-refractivity contribution in [1.82, 2.24) is 14.9 Å². The summed E-state index contributed by atoms with van der Waals surface area (Å²) >= 11 is 7.42. The van der Waals surface area contributed by atoms with E-state index in [-0.39, 0.29) is 17.2 Å². The Kier molecular flexibility index (Phi) is 6.65. The van der Waals surface area contributed by atoms with E-state index < -0.39 is 0 Å². The number of thioether (sulfide) groups is 1. The molecule has 2 atom stereocenters. The first-order chi connectivity index (χ1) is 13.5. The molecule has 0 bridgehead atoms. The zero-order chi connectivity index (χ0) is 20.1. The van der Waals surface area contributed by atoms with Gasteiger partial charge in [0.25, 0.3) is 0 Å². The molecule has 1 heterocycles. The summed E-state index contributed by atoms with van der Waals surface area (Å²) in [6.07, 6.45) is 3.58. The number of methoxy groups -OCH3 is 1. The lowest BCUT2D eigenvalue weighted by atomic mass is 10.1. The molecular formula is C21H22ClN3O2S. The third-order valence-electron chi connectivity index (χ3n) is 4.33. The number of aromatic nitrogens is 2. The van der Waals surface area contributed by atoms with Crippen LogP contribution in [0.2, 0.25) is 5.02 Å². The number of nitrogens with zero attached hydrogens (tertiary/aromatic N) is 2. The summed E-state index contributed by atoms with van der Waals surface area (Å²) in [5, 5.41) is 3.53. The number of carbonyl (C=O) groups excluding carboxylic acids is 1. The minimum Gasteiger partial charge on any atom is -0.497 e. The molecule has 3 aromatic rings. The number of halogens is 1. The van der Waals surface area contributed by atoms with E-state index in [0.717, 1.165) is 22.0 Å². The van der Waals surface area contributed by atoms with Crippen LogP contribution in [0.5, 0.6) is 5.75 Å². The average Bonchev–Trinajstić information content (AvgIpc) is 3.13. The topological polar surface area (TPSA) is 56.1 Å². The van der Waals surface area contributed by atoms with Crippen molar-refractivity contribution in [2.24, 2.45) is 7.05 Å². The van der Waals surface area contributed by atoms with Crippen LogP contribution in [0.4, 0.5) is 0 Å². The maximum Gasteiger partial charge on any atom is 0.234 e. The Morgan fingerprint density at radius 3 is 2.64 bits per heavy atom. The fraction of sp³-hybridized carbons (Fsp3) is 0.238. The van der Waals surface area contributed by atoms with Gasteiger partial charge in [-0.2, -0.15) is 0 Å². The first kappa shape index (κ1) is 20.3. The van der Waals surface area contributed by atoms with Crippen LogP contribution in [-0.4, -0.2) is 27.8 Å². The summed E-state index contributed by atoms with van der Waals surface area (Å²) in [5.41, 5.74) is 0.908. The van der Waals surface area contributed by atoms with Crippen molar-refractivity contribution >= 4 is 29.3 Å². The number of hydrogen-bond acceptors (Lipinski definition) is 4. The summed E-state index contributed by atoms with van der Waals surface area (Å²) in [5.74, 6) is 1.41. The van der Waals surface area contributed by atoms with E-state index in [0.29, 0.717) is 5.02 Å². The van der Waals surface area contributed by atoms with Crippen molar-refractivity contribution in [3.05, 3.63) is 77.3 Å². The van der Waals surface area contributed by atoms with Crippen LogP contribution in [0.1, 0.15) is 24.4 Å². The van der Waals surface area contributed by atoms with E-state index >= 15 is 0 Å². The Bertz CT molecular complexity index is 943. The highest BCUT2D eigenvalue weighted by atomic mass is 35.5. The molecule has 0 saturated heterocycles. The fourth-order valence-electron chi connectivity index (χ4n) is 2.80. The Labute approximate surface area is 174 Å². The van der Waals surface area contributed by atoms with Crippen molar-refractivity contribution in [2.75, 3.05) is 7.11 Å². The monoisotopic (exact) mass is 415 g/mol. The number of imidazole rings is 1. The minimum absolute atomic E-state index is 0.0734. The molecular weight excluding hydrogens is 394 g/mol. The molecule has 1 amide bonds. The predicted molar refractivity (Wildman–Crippen MR) is 113 cm³/mol. The van der Waals surface area contributed by atoms with Gasteiger partial charge < -0.3 is 14.6 Å². The largest absolute Gasteiger partial charge is 0.497 e. The van der Waals surface area contributed by atoms with Gasteiger partial charge >= 0.3 is 0 Å². The molecule has 0 aliphatic carbocycles. The second kappa shape index (κ2) is 9.17. The van der Waals surface area contributed by atoms with Gasteiger partial charge in [0, 0.05) is 29.4 Å². The highest BCUT2D eigenvalue weighted by Gasteiger charge is 2.24. The summed E-state index contributed by atoms with van der Waals surface area (Å²) < 4.78 is 7.24. The van der Waals surface area contributed by atoms with Crippen molar-refractivity contribution in [2.45, 2.75) is 23.1 Å². The van der Waals surface area contributed by atoms with Crippen LogP contribution in [0, 0.1) is 0 Å². The number of aryl methyl sites for hydroxylation is 1. The molecule has 1 aromatic heterocycles. The average molecular weight is 416 g/mol. The third kappa shape index (κ3) is 4.88. The van der Waals surface area contributed by atoms with Gasteiger partial charge in [0.1, 0.15) is 17.6 Å². The first-order valence-electron chi connectivity index (χ1n) is 8.81. The number of benzene rings is 2. The zero-order valence-corrected chi connectivity index (χ0v) is 17.5. The number of rotatable bonds is 7. The molecule has 0 fully saturated rings. The Morgan fingerprint density at radius 2 is 2.00 bits per heavy atom. The van der Waals surface area contributed by atoms with Crippen molar-refractivity contribution in [3.8, 4) is 5.75 Å². The normalized spacial score (nSPS) is 13.0. The molecule has 0 radical (unpaired) electrons. The smallest absolute Gasteiger partial charge is 0.234 e. The van der Waals surface area contributed by atoms with Gasteiger partial charge in [-0.3, -0.25) is 4.79 Å². The van der Waals surface area contributed by atoms with Gasteiger partial charge in [0.05, 0.1) is 12.4 Å². The van der Waals surface area contributed by atoms with Gasteiger partial charge in [-0.15, -0.1) is 11.8 Å². The van der Waals surface area contributed by atoms with E-state index in [1.807, 2.05) is 73.3 Å². The molecule has 7 heteroatoms. The molecule has 1 N–H and O–H groups in total. The molecule has 0 spiro atoms. The maximum atomic E-state index is 12.9. The van der Waals surface area contributed by atoms with E-state index in [2.05, 4.69) is 10.3 Å². The van der Waals surface area contributed by atoms with Gasteiger partial charge in [-0.25, -0.2) is 4.98 Å². The SMILES string of the molecule is COc1cccc(C(NC(=O)C(C)Sc2ccc(Cl)cc2)c2nccn2C)c1. The number of hydrogen-bond donors (Lipinski definition) is 1. The summed E-state index contributed by atoms with van der Waals surface area (Å²) in [6, 6.07) is 14.7. The summed E-state index contributed by atoms with van der Waals surface area (Å²) in [6.45, 7) is 1.88. The lowest BCUT2D eigenvalue weighted by molar-refractivity contribution is -0.120. The second-order valence-corrected chi connectivity index (χ2v) is 8.18. The molecule has 146 valence electrons. The first-order valence-corrected chi connectivity index (χ1v) is 10.1. The number of nitrogens with one attached hydrogen (secondary N) is 1. The Balaban J connectivity index is 1.81. The van der Waals surface area contributed by atoms with E-state index in [1.54, 1.807) is 13.3 Å². The van der Waals surface area contributed by atoms with E-state index in [9.17, 15) is 4.79 Å². The molecule has 5 nitrogen and oxygen atoms in total. The van der Waals surface area contributed by atoms with Crippen LogP contribution in [-0.2, 0) is 11.8 Å². The Hall–Kier alpha value is -2.44. The molecule has 28 heavy (non-hydrogen) atoms. The van der Waals surface area contributed by atoms with E-state index in [4.69, 9.17) is 16.3 Å². The van der Waals surface area contributed by atoms with Crippen LogP contribution in [0.3, 0.4) is 0 Å². The third-order valence-corrected chi connectivity index (χ3v) is 5.69. The van der Waals surface area contributed by atoms with Gasteiger partial charge in [0.15, 0.2) is 0 Å². The van der Waals surface area contributed by atoms with Crippen molar-refractivity contribution in [3.63, 3.8) is 0 Å². The number of ether oxygens (including phenoxy) is 1.